The molecule has 0 amide bonds. The average molecular weight is 194 g/mol. The van der Waals surface area contributed by atoms with E-state index in [1.54, 1.807) is 7.05 Å². The highest BCUT2D eigenvalue weighted by Gasteiger charge is 2.23. The number of nitrogens with zero attached hydrogens (tertiary/aromatic N) is 2. The Kier molecular flexibility index (Phi) is 5.58. The third-order valence-electron chi connectivity index (χ3n) is 2.94. The minimum absolute atomic E-state index is 0.844. The lowest BCUT2D eigenvalue weighted by molar-refractivity contribution is 0.140. The van der Waals surface area contributed by atoms with Crippen molar-refractivity contribution in [2.75, 3.05) is 20.1 Å². The second kappa shape index (κ2) is 6.80. The Labute approximate surface area is 87.7 Å². The molecule has 1 fully saturated rings. The molecule has 0 radical (unpaired) electrons. The molecule has 0 aromatic heterocycles. The van der Waals surface area contributed by atoms with Gasteiger partial charge >= 0.3 is 0 Å². The van der Waals surface area contributed by atoms with Crippen LogP contribution in [0, 0.1) is 0 Å². The molecule has 0 saturated heterocycles. The van der Waals surface area contributed by atoms with Crippen LogP contribution in [0.2, 0.25) is 0 Å². The first-order valence-corrected chi connectivity index (χ1v) is 5.78. The topological polar surface area (TPSA) is 15.6 Å². The highest BCUT2D eigenvalue weighted by Crippen LogP contribution is 2.24. The van der Waals surface area contributed by atoms with Crippen molar-refractivity contribution in [3.8, 4) is 0 Å². The van der Waals surface area contributed by atoms with Gasteiger partial charge in [-0.05, 0) is 37.8 Å². The summed E-state index contributed by atoms with van der Waals surface area (Å²) in [6, 6.07) is 0.844. The summed E-state index contributed by atoms with van der Waals surface area (Å²) in [6.45, 7) is 4.52. The molecule has 1 aliphatic rings. The van der Waals surface area contributed by atoms with Crippen molar-refractivity contribution in [1.29, 1.82) is 0 Å². The Hall–Kier alpha value is -0.590. The van der Waals surface area contributed by atoms with E-state index in [2.05, 4.69) is 22.7 Å². The predicted octanol–water partition coefficient (Wildman–Crippen LogP) is 2.50. The fourth-order valence-electron chi connectivity index (χ4n) is 1.79. The zero-order chi connectivity index (χ0) is 10.2. The second-order valence-corrected chi connectivity index (χ2v) is 3.99. The van der Waals surface area contributed by atoms with Crippen molar-refractivity contribution in [3.63, 3.8) is 0 Å². The Morgan fingerprint density at radius 1 is 1.50 bits per heavy atom. The molecular weight excluding hydrogens is 172 g/mol. The van der Waals surface area contributed by atoms with Gasteiger partial charge in [0.25, 0.3) is 0 Å². The predicted molar refractivity (Wildman–Crippen MR) is 62.0 cm³/mol. The third kappa shape index (κ3) is 3.65. The van der Waals surface area contributed by atoms with Gasteiger partial charge in [-0.25, -0.2) is 4.99 Å². The first kappa shape index (κ1) is 11.5. The minimum Gasteiger partial charge on any atom is -0.296 e. The van der Waals surface area contributed by atoms with Gasteiger partial charge in [-0.15, -0.1) is 0 Å². The molecule has 14 heavy (non-hydrogen) atoms. The molecule has 0 heterocycles. The van der Waals surface area contributed by atoms with Gasteiger partial charge in [-0.1, -0.05) is 19.8 Å². The van der Waals surface area contributed by atoms with Crippen LogP contribution in [-0.2, 0) is 0 Å². The Morgan fingerprint density at radius 2 is 2.29 bits per heavy atom. The van der Waals surface area contributed by atoms with Crippen LogP contribution in [-0.4, -0.2) is 36.9 Å². The lowest BCUT2D eigenvalue weighted by Gasteiger charge is -2.36. The standard InChI is InChI=1S/C12H22N2/c1-3-4-10-14(11-6-9-13-2)12-7-5-8-12/h6,12H,3-5,7-8,10-11H2,1-2H3. The number of hydrogen-bond donors (Lipinski definition) is 0. The van der Waals surface area contributed by atoms with E-state index in [-0.39, 0.29) is 0 Å². The monoisotopic (exact) mass is 194 g/mol. The summed E-state index contributed by atoms with van der Waals surface area (Å²) < 4.78 is 0. The van der Waals surface area contributed by atoms with Crippen LogP contribution < -0.4 is 0 Å². The molecule has 0 aliphatic heterocycles. The van der Waals surface area contributed by atoms with Crippen LogP contribution in [0.5, 0.6) is 0 Å². The molecular formula is C12H22N2. The van der Waals surface area contributed by atoms with E-state index in [1.807, 2.05) is 6.08 Å². The summed E-state index contributed by atoms with van der Waals surface area (Å²) in [5.41, 5.74) is 0. The van der Waals surface area contributed by atoms with Gasteiger partial charge in [-0.3, -0.25) is 4.90 Å². The van der Waals surface area contributed by atoms with E-state index in [0.717, 1.165) is 12.6 Å². The van der Waals surface area contributed by atoms with Gasteiger partial charge in [0.2, 0.25) is 0 Å². The second-order valence-electron chi connectivity index (χ2n) is 3.99. The van der Waals surface area contributed by atoms with Crippen LogP contribution >= 0.6 is 0 Å². The highest BCUT2D eigenvalue weighted by molar-refractivity contribution is 5.51. The van der Waals surface area contributed by atoms with Crippen LogP contribution in [0.15, 0.2) is 11.1 Å². The zero-order valence-corrected chi connectivity index (χ0v) is 9.50. The quantitative estimate of drug-likeness (QED) is 0.593. The Balaban J connectivity index is 2.31. The van der Waals surface area contributed by atoms with Gasteiger partial charge in [0.1, 0.15) is 0 Å². The first-order valence-electron chi connectivity index (χ1n) is 5.78. The minimum atomic E-state index is 0.844. The summed E-state index contributed by atoms with van der Waals surface area (Å²) in [5.74, 6) is 2.92. The maximum Gasteiger partial charge on any atom is 0.0372 e. The van der Waals surface area contributed by atoms with Gasteiger partial charge in [-0.2, -0.15) is 0 Å². The van der Waals surface area contributed by atoms with Crippen LogP contribution in [0.3, 0.4) is 0 Å². The number of aliphatic imine (C=N–C) groups is 1. The van der Waals surface area contributed by atoms with E-state index in [9.17, 15) is 0 Å². The van der Waals surface area contributed by atoms with Gasteiger partial charge in [0.05, 0.1) is 0 Å². The molecule has 80 valence electrons. The normalized spacial score (nSPS) is 16.2. The molecule has 0 N–H and O–H groups in total. The fourth-order valence-corrected chi connectivity index (χ4v) is 1.79. The molecule has 1 saturated carbocycles. The molecule has 0 spiro atoms. The lowest BCUT2D eigenvalue weighted by Crippen LogP contribution is -2.40. The van der Waals surface area contributed by atoms with Crippen LogP contribution in [0.1, 0.15) is 39.0 Å². The van der Waals surface area contributed by atoms with Crippen molar-refractivity contribution in [3.05, 3.63) is 6.08 Å². The molecule has 0 aromatic rings. The molecule has 1 aliphatic carbocycles. The van der Waals surface area contributed by atoms with Crippen molar-refractivity contribution < 1.29 is 0 Å². The molecule has 2 heteroatoms. The van der Waals surface area contributed by atoms with Crippen molar-refractivity contribution in [2.24, 2.45) is 4.99 Å². The van der Waals surface area contributed by atoms with E-state index in [4.69, 9.17) is 0 Å². The maximum atomic E-state index is 3.86. The first-order chi connectivity index (χ1) is 6.88. The number of rotatable bonds is 6. The molecule has 0 unspecified atom stereocenters. The highest BCUT2D eigenvalue weighted by atomic mass is 15.2. The van der Waals surface area contributed by atoms with Gasteiger partial charge in [0.15, 0.2) is 0 Å². The Morgan fingerprint density at radius 3 is 2.79 bits per heavy atom. The molecule has 0 bridgehead atoms. The van der Waals surface area contributed by atoms with Gasteiger partial charge in [0, 0.05) is 19.6 Å². The van der Waals surface area contributed by atoms with Crippen molar-refractivity contribution in [2.45, 2.75) is 45.1 Å². The number of hydrogen-bond acceptors (Lipinski definition) is 2. The summed E-state index contributed by atoms with van der Waals surface area (Å²) >= 11 is 0. The summed E-state index contributed by atoms with van der Waals surface area (Å²) in [7, 11) is 1.77. The summed E-state index contributed by atoms with van der Waals surface area (Å²) in [5, 5.41) is 0. The van der Waals surface area contributed by atoms with E-state index in [1.165, 1.54) is 38.6 Å². The van der Waals surface area contributed by atoms with Gasteiger partial charge < -0.3 is 0 Å². The molecule has 2 nitrogen and oxygen atoms in total. The van der Waals surface area contributed by atoms with E-state index >= 15 is 0 Å². The summed E-state index contributed by atoms with van der Waals surface area (Å²) in [4.78, 5) is 6.43. The average Bonchev–Trinajstić information content (AvgIpc) is 2.11. The molecule has 0 atom stereocenters. The Bertz CT molecular complexity index is 200. The largest absolute Gasteiger partial charge is 0.296 e. The maximum absolute atomic E-state index is 3.86. The summed E-state index contributed by atoms with van der Waals surface area (Å²) in [6.07, 6.45) is 8.84. The van der Waals surface area contributed by atoms with E-state index < -0.39 is 0 Å². The van der Waals surface area contributed by atoms with Crippen molar-refractivity contribution in [1.82, 2.24) is 4.90 Å². The smallest absolute Gasteiger partial charge is 0.0372 e. The van der Waals surface area contributed by atoms with Crippen LogP contribution in [0.25, 0.3) is 0 Å². The molecule has 0 aromatic carbocycles. The number of unbranched alkanes of at least 4 members (excludes halogenated alkanes) is 1. The molecule has 1 rings (SSSR count). The lowest BCUT2D eigenvalue weighted by atomic mass is 9.91. The van der Waals surface area contributed by atoms with Crippen LogP contribution in [0.4, 0.5) is 0 Å². The van der Waals surface area contributed by atoms with Crippen molar-refractivity contribution >= 4 is 5.87 Å². The zero-order valence-electron chi connectivity index (χ0n) is 9.50. The van der Waals surface area contributed by atoms with E-state index in [0.29, 0.717) is 0 Å². The fraction of sp³-hybridized carbons (Fsp3) is 0.833. The third-order valence-corrected chi connectivity index (χ3v) is 2.94. The SMILES string of the molecule is CCCCN(CC=C=NC)C1CCC1.